The maximum atomic E-state index is 11.0. The maximum Gasteiger partial charge on any atom is 0.145 e. The molecule has 0 saturated carbocycles. The molecule has 0 aliphatic heterocycles. The highest BCUT2D eigenvalue weighted by atomic mass is 32.2. The van der Waals surface area contributed by atoms with Crippen molar-refractivity contribution < 1.29 is 8.95 Å². The molecule has 5 heteroatoms. The fourth-order valence-electron chi connectivity index (χ4n) is 1.86. The van der Waals surface area contributed by atoms with Gasteiger partial charge in [-0.15, -0.1) is 0 Å². The van der Waals surface area contributed by atoms with Crippen molar-refractivity contribution in [3.05, 3.63) is 36.0 Å². The normalized spacial score (nSPS) is 12.5. The zero-order valence-electron chi connectivity index (χ0n) is 11.2. The molecule has 1 atom stereocenters. The quantitative estimate of drug-likeness (QED) is 0.817. The monoisotopic (exact) mass is 278 g/mol. The molecule has 0 spiro atoms. The predicted octanol–water partition coefficient (Wildman–Crippen LogP) is 1.71. The summed E-state index contributed by atoms with van der Waals surface area (Å²) in [5.41, 5.74) is 1.84. The van der Waals surface area contributed by atoms with Crippen LogP contribution in [0.2, 0.25) is 0 Å². The minimum Gasteiger partial charge on any atom is -0.494 e. The van der Waals surface area contributed by atoms with Gasteiger partial charge >= 0.3 is 0 Å². The molecule has 2 rings (SSSR count). The van der Waals surface area contributed by atoms with Crippen molar-refractivity contribution in [1.29, 1.82) is 0 Å². The molecule has 0 amide bonds. The number of fused-ring (bicyclic) bond motifs is 1. The van der Waals surface area contributed by atoms with Crippen LogP contribution in [-0.4, -0.2) is 34.9 Å². The van der Waals surface area contributed by atoms with Crippen molar-refractivity contribution in [2.75, 3.05) is 25.7 Å². The molecule has 2 aromatic rings. The summed E-state index contributed by atoms with van der Waals surface area (Å²) in [6.45, 7) is 1.40. The number of methoxy groups -OCH3 is 1. The number of pyridine rings is 1. The number of para-hydroxylation sites is 1. The molecule has 0 aliphatic carbocycles. The SMILES string of the molecule is COc1cccc2ccc(CNCCS(C)=O)nc12. The lowest BCUT2D eigenvalue weighted by Gasteiger charge is -2.07. The smallest absolute Gasteiger partial charge is 0.145 e. The van der Waals surface area contributed by atoms with Crippen LogP contribution in [-0.2, 0) is 17.3 Å². The third-order valence-corrected chi connectivity index (χ3v) is 3.61. The van der Waals surface area contributed by atoms with Crippen molar-refractivity contribution in [3.63, 3.8) is 0 Å². The summed E-state index contributed by atoms with van der Waals surface area (Å²) < 4.78 is 16.3. The summed E-state index contributed by atoms with van der Waals surface area (Å²) in [6, 6.07) is 9.92. The van der Waals surface area contributed by atoms with Crippen LogP contribution >= 0.6 is 0 Å². The van der Waals surface area contributed by atoms with Crippen molar-refractivity contribution in [2.45, 2.75) is 6.54 Å². The number of ether oxygens (including phenoxy) is 1. The van der Waals surface area contributed by atoms with E-state index < -0.39 is 10.8 Å². The molecule has 0 aliphatic rings. The lowest BCUT2D eigenvalue weighted by molar-refractivity contribution is 0.419. The number of hydrogen-bond donors (Lipinski definition) is 1. The van der Waals surface area contributed by atoms with Crippen LogP contribution < -0.4 is 10.1 Å². The molecule has 0 fully saturated rings. The van der Waals surface area contributed by atoms with Gasteiger partial charge in [0.2, 0.25) is 0 Å². The van der Waals surface area contributed by atoms with Gasteiger partial charge in [0.15, 0.2) is 0 Å². The minimum atomic E-state index is -0.754. The van der Waals surface area contributed by atoms with E-state index in [4.69, 9.17) is 4.74 Å². The Labute approximate surface area is 115 Å². The first-order valence-corrected chi connectivity index (χ1v) is 7.87. The van der Waals surface area contributed by atoms with Crippen molar-refractivity contribution in [2.24, 2.45) is 0 Å². The zero-order valence-corrected chi connectivity index (χ0v) is 12.0. The van der Waals surface area contributed by atoms with Crippen molar-refractivity contribution in [1.82, 2.24) is 10.3 Å². The van der Waals surface area contributed by atoms with E-state index in [1.165, 1.54) is 0 Å². The van der Waals surface area contributed by atoms with Gasteiger partial charge in [0.05, 0.1) is 12.8 Å². The standard InChI is InChI=1S/C14H18N2O2S/c1-18-13-5-3-4-11-6-7-12(16-14(11)13)10-15-8-9-19(2)17/h3-7,15H,8-10H2,1-2H3. The number of nitrogens with zero attached hydrogens (tertiary/aromatic N) is 1. The molecule has 1 N–H and O–H groups in total. The molecule has 19 heavy (non-hydrogen) atoms. The molecule has 0 saturated heterocycles. The van der Waals surface area contributed by atoms with E-state index in [2.05, 4.69) is 10.3 Å². The Hall–Kier alpha value is -1.46. The average molecular weight is 278 g/mol. The Morgan fingerprint density at radius 2 is 2.16 bits per heavy atom. The van der Waals surface area contributed by atoms with Gasteiger partial charge in [0.1, 0.15) is 11.3 Å². The molecule has 0 radical (unpaired) electrons. The molecule has 1 aromatic carbocycles. The third-order valence-electron chi connectivity index (χ3n) is 2.83. The van der Waals surface area contributed by atoms with E-state index in [0.29, 0.717) is 12.3 Å². The molecule has 1 unspecified atom stereocenters. The number of aromatic nitrogens is 1. The second-order valence-electron chi connectivity index (χ2n) is 4.29. The summed E-state index contributed by atoms with van der Waals surface area (Å²) in [5, 5.41) is 4.31. The van der Waals surface area contributed by atoms with Gasteiger partial charge in [-0.2, -0.15) is 0 Å². The summed E-state index contributed by atoms with van der Waals surface area (Å²) >= 11 is 0. The highest BCUT2D eigenvalue weighted by Gasteiger charge is 2.03. The summed E-state index contributed by atoms with van der Waals surface area (Å²) in [7, 11) is 0.897. The Morgan fingerprint density at radius 1 is 1.32 bits per heavy atom. The highest BCUT2D eigenvalue weighted by Crippen LogP contribution is 2.23. The second kappa shape index (κ2) is 6.63. The summed E-state index contributed by atoms with van der Waals surface area (Å²) in [4.78, 5) is 4.60. The van der Waals surface area contributed by atoms with Gasteiger partial charge in [0, 0.05) is 41.3 Å². The number of benzene rings is 1. The van der Waals surface area contributed by atoms with Gasteiger partial charge in [-0.05, 0) is 12.1 Å². The van der Waals surface area contributed by atoms with Crippen LogP contribution in [0.25, 0.3) is 10.9 Å². The Morgan fingerprint density at radius 3 is 2.89 bits per heavy atom. The van der Waals surface area contributed by atoms with Crippen LogP contribution in [0.15, 0.2) is 30.3 Å². The number of rotatable bonds is 6. The van der Waals surface area contributed by atoms with Gasteiger partial charge in [-0.25, -0.2) is 4.98 Å². The largest absolute Gasteiger partial charge is 0.494 e. The van der Waals surface area contributed by atoms with Crippen LogP contribution in [0.4, 0.5) is 0 Å². The van der Waals surface area contributed by atoms with Crippen molar-refractivity contribution >= 4 is 21.7 Å². The predicted molar refractivity (Wildman–Crippen MR) is 78.9 cm³/mol. The maximum absolute atomic E-state index is 11.0. The molecular weight excluding hydrogens is 260 g/mol. The average Bonchev–Trinajstić information content (AvgIpc) is 2.42. The first-order chi connectivity index (χ1) is 9.20. The number of hydrogen-bond acceptors (Lipinski definition) is 4. The third kappa shape index (κ3) is 3.75. The number of nitrogens with one attached hydrogen (secondary N) is 1. The molecular formula is C14H18N2O2S. The lowest BCUT2D eigenvalue weighted by Crippen LogP contribution is -2.20. The summed E-state index contributed by atoms with van der Waals surface area (Å²) in [5.74, 6) is 1.45. The molecule has 102 valence electrons. The fourth-order valence-corrected chi connectivity index (χ4v) is 2.29. The van der Waals surface area contributed by atoms with E-state index in [0.717, 1.165) is 28.9 Å². The van der Waals surface area contributed by atoms with Gasteiger partial charge in [0.25, 0.3) is 0 Å². The fraction of sp³-hybridized carbons (Fsp3) is 0.357. The highest BCUT2D eigenvalue weighted by molar-refractivity contribution is 7.84. The Balaban J connectivity index is 2.10. The lowest BCUT2D eigenvalue weighted by atomic mass is 10.2. The van der Waals surface area contributed by atoms with E-state index in [1.54, 1.807) is 13.4 Å². The van der Waals surface area contributed by atoms with Crippen LogP contribution in [0, 0.1) is 0 Å². The zero-order chi connectivity index (χ0) is 13.7. The topological polar surface area (TPSA) is 51.2 Å². The van der Waals surface area contributed by atoms with Gasteiger partial charge in [-0.1, -0.05) is 18.2 Å². The Kier molecular flexibility index (Phi) is 4.87. The van der Waals surface area contributed by atoms with Crippen LogP contribution in [0.5, 0.6) is 5.75 Å². The van der Waals surface area contributed by atoms with Crippen LogP contribution in [0.1, 0.15) is 5.69 Å². The van der Waals surface area contributed by atoms with Gasteiger partial charge in [-0.3, -0.25) is 4.21 Å². The first kappa shape index (κ1) is 14.0. The van der Waals surface area contributed by atoms with E-state index in [1.807, 2.05) is 30.3 Å². The van der Waals surface area contributed by atoms with E-state index in [9.17, 15) is 4.21 Å². The Bertz CT molecular complexity index is 587. The van der Waals surface area contributed by atoms with Crippen molar-refractivity contribution in [3.8, 4) is 5.75 Å². The summed E-state index contributed by atoms with van der Waals surface area (Å²) in [6.07, 6.45) is 1.71. The molecule has 1 heterocycles. The molecule has 4 nitrogen and oxygen atoms in total. The van der Waals surface area contributed by atoms with E-state index in [-0.39, 0.29) is 0 Å². The molecule has 0 bridgehead atoms. The molecule has 1 aromatic heterocycles. The minimum absolute atomic E-state index is 0.664. The van der Waals surface area contributed by atoms with E-state index >= 15 is 0 Å². The first-order valence-electron chi connectivity index (χ1n) is 6.14. The van der Waals surface area contributed by atoms with Crippen LogP contribution in [0.3, 0.4) is 0 Å². The second-order valence-corrected chi connectivity index (χ2v) is 5.84. The van der Waals surface area contributed by atoms with Gasteiger partial charge < -0.3 is 10.1 Å².